The van der Waals surface area contributed by atoms with E-state index in [0.29, 0.717) is 40.8 Å². The third-order valence-electron chi connectivity index (χ3n) is 7.03. The Labute approximate surface area is 339 Å². The zero-order chi connectivity index (χ0) is 41.8. The molecule has 5 aromatic heterocycles. The van der Waals surface area contributed by atoms with Crippen LogP contribution in [0.15, 0.2) is 67.0 Å². The topological polar surface area (TPSA) is 210 Å². The number of aromatic nitrogens is 7. The van der Waals surface area contributed by atoms with Gasteiger partial charge in [0.05, 0.1) is 17.7 Å². The predicted molar refractivity (Wildman–Crippen MR) is 227 cm³/mol. The summed E-state index contributed by atoms with van der Waals surface area (Å²) in [5.41, 5.74) is 5.51. The average Bonchev–Trinajstić information content (AvgIpc) is 3.95. The zero-order valence-corrected chi connectivity index (χ0v) is 36.2. The molecule has 0 radical (unpaired) electrons. The number of rotatable bonds is 6. The quantitative estimate of drug-likeness (QED) is 0.126. The number of aromatic amines is 2. The van der Waals surface area contributed by atoms with Crippen molar-refractivity contribution in [3.8, 4) is 5.75 Å². The van der Waals surface area contributed by atoms with Crippen LogP contribution in [0.5, 0.6) is 5.75 Å². The molecule has 5 aromatic rings. The molecule has 0 amide bonds. The van der Waals surface area contributed by atoms with Crippen molar-refractivity contribution in [1.29, 1.82) is 0 Å². The van der Waals surface area contributed by atoms with Crippen LogP contribution in [0.25, 0.3) is 0 Å². The van der Waals surface area contributed by atoms with E-state index in [1.54, 1.807) is 11.5 Å². The molecule has 0 aliphatic carbocycles. The van der Waals surface area contributed by atoms with E-state index in [1.807, 2.05) is 61.5 Å². The van der Waals surface area contributed by atoms with Crippen molar-refractivity contribution in [2.24, 2.45) is 10.9 Å². The van der Waals surface area contributed by atoms with E-state index >= 15 is 0 Å². The molecule has 1 aliphatic rings. The fourth-order valence-electron chi connectivity index (χ4n) is 3.74. The third-order valence-corrected chi connectivity index (χ3v) is 8.77. The lowest BCUT2D eigenvalue weighted by molar-refractivity contribution is 0.176. The third kappa shape index (κ3) is 19.1. The van der Waals surface area contributed by atoms with Gasteiger partial charge in [-0.3, -0.25) is 19.1 Å². The molecule has 0 saturated heterocycles. The first-order chi connectivity index (χ1) is 25.7. The van der Waals surface area contributed by atoms with Gasteiger partial charge in [-0.05, 0) is 49.9 Å². The van der Waals surface area contributed by atoms with Crippen molar-refractivity contribution in [2.75, 3.05) is 0 Å². The minimum Gasteiger partial charge on any atom is -0.502 e. The van der Waals surface area contributed by atoms with Crippen molar-refractivity contribution >= 4 is 29.1 Å². The lowest BCUT2D eigenvalue weighted by Crippen LogP contribution is -2.21. The fourth-order valence-corrected chi connectivity index (χ4v) is 5.10. The summed E-state index contributed by atoms with van der Waals surface area (Å²) in [6.45, 7) is 31.9. The Bertz CT molecular complexity index is 1910. The number of nitrogens with one attached hydrogen (secondary N) is 3. The van der Waals surface area contributed by atoms with Gasteiger partial charge in [-0.25, -0.2) is 10.5 Å². The molecular formula is C39H63N9O6S2. The zero-order valence-electron chi connectivity index (χ0n) is 34.5. The number of aliphatic imine (C=N–C) groups is 1. The highest BCUT2D eigenvalue weighted by molar-refractivity contribution is 7.05. The maximum absolute atomic E-state index is 11.1. The second-order valence-corrected chi connectivity index (χ2v) is 15.6. The molecule has 6 heterocycles. The second kappa shape index (κ2) is 26.0. The molecule has 1 aliphatic heterocycles. The minimum atomic E-state index is -0.341. The van der Waals surface area contributed by atoms with E-state index in [0.717, 1.165) is 46.8 Å². The standard InChI is InChI=1S/C8H10O3.C7H11NO.C7H11NS.C6H10N2O.C5H9N3.C5H8N2OS.CH4/c1-5(2)6-3-11-4-7(9)8(6)10;2*1-5(2)7-4-6(3)8-9-7;1-4(2)6-7-5(3)9-8-6;1-4(2)5-6-3-7-8-5;1-3(2)4-5(8)7-9-6-4;/h3-5,9H,1-2H3;2*4-5H,1-3H3;4H,3H2,1-2H3,(H,7,8);3-4H,1-2H3,(H,6,7,8);3H,1-2H3,(H,7,8);1H4. The number of nitrogens with zero attached hydrogens (tertiary/aromatic N) is 6. The summed E-state index contributed by atoms with van der Waals surface area (Å²) in [6, 6.07) is 4.11. The van der Waals surface area contributed by atoms with E-state index in [1.165, 1.54) is 17.5 Å². The SMILES string of the molecule is C.C=C1N=C(C(C)C)NO1.CC(C)c1cocc(O)c1=O.CC(C)c1ncn[nH]1.CC(C)c1ns[nH]c1=O.Cc1cc(C(C)C)on1.Cc1cc(C(C)C)sn1. The van der Waals surface area contributed by atoms with Crippen LogP contribution >= 0.6 is 23.3 Å². The van der Waals surface area contributed by atoms with Gasteiger partial charge in [-0.2, -0.15) is 18.8 Å². The summed E-state index contributed by atoms with van der Waals surface area (Å²) in [6.07, 6.45) is 3.93. The van der Waals surface area contributed by atoms with Gasteiger partial charge < -0.3 is 18.9 Å². The van der Waals surface area contributed by atoms with Crippen LogP contribution in [-0.2, 0) is 4.84 Å². The van der Waals surface area contributed by atoms with E-state index in [2.05, 4.69) is 98.1 Å². The molecule has 17 heteroatoms. The van der Waals surface area contributed by atoms with Crippen LogP contribution in [0.3, 0.4) is 0 Å². The number of aryl methyl sites for hydroxylation is 2. The van der Waals surface area contributed by atoms with Crippen LogP contribution < -0.4 is 16.5 Å². The van der Waals surface area contributed by atoms with Gasteiger partial charge >= 0.3 is 0 Å². The molecule has 312 valence electrons. The van der Waals surface area contributed by atoms with Gasteiger partial charge in [-0.15, -0.1) is 0 Å². The van der Waals surface area contributed by atoms with Crippen molar-refractivity contribution in [3.63, 3.8) is 0 Å². The molecule has 56 heavy (non-hydrogen) atoms. The van der Waals surface area contributed by atoms with E-state index in [9.17, 15) is 9.59 Å². The highest BCUT2D eigenvalue weighted by Crippen LogP contribution is 2.19. The maximum atomic E-state index is 11.1. The largest absolute Gasteiger partial charge is 0.502 e. The number of hydrogen-bond donors (Lipinski definition) is 4. The first-order valence-electron chi connectivity index (χ1n) is 18.0. The number of hydroxylamine groups is 1. The molecule has 0 bridgehead atoms. The molecule has 0 spiro atoms. The first-order valence-corrected chi connectivity index (χ1v) is 19.5. The molecule has 0 unspecified atom stereocenters. The Kier molecular flexibility index (Phi) is 23.8. The summed E-state index contributed by atoms with van der Waals surface area (Å²) in [7, 11) is 0. The number of hydrogen-bond acceptors (Lipinski definition) is 15. The van der Waals surface area contributed by atoms with Crippen molar-refractivity contribution < 1.29 is 18.9 Å². The van der Waals surface area contributed by atoms with Crippen LogP contribution in [0.4, 0.5) is 0 Å². The molecule has 15 nitrogen and oxygen atoms in total. The van der Waals surface area contributed by atoms with Crippen LogP contribution in [0.1, 0.15) is 159 Å². The number of H-pyrrole nitrogens is 2. The molecular weight excluding hydrogens is 755 g/mol. The smallest absolute Gasteiger partial charge is 0.281 e. The lowest BCUT2D eigenvalue weighted by atomic mass is 10.1. The summed E-state index contributed by atoms with van der Waals surface area (Å²) >= 11 is 2.71. The van der Waals surface area contributed by atoms with Crippen molar-refractivity contribution in [2.45, 2.75) is 134 Å². The maximum Gasteiger partial charge on any atom is 0.281 e. The summed E-state index contributed by atoms with van der Waals surface area (Å²) in [5.74, 6) is 5.12. The predicted octanol–water partition coefficient (Wildman–Crippen LogP) is 9.72. The Balaban J connectivity index is 0.000000647. The highest BCUT2D eigenvalue weighted by atomic mass is 32.1. The molecule has 0 aromatic carbocycles. The van der Waals surface area contributed by atoms with Gasteiger partial charge in [-0.1, -0.05) is 95.7 Å². The Morgan fingerprint density at radius 2 is 1.46 bits per heavy atom. The first kappa shape index (κ1) is 51.1. The van der Waals surface area contributed by atoms with Gasteiger partial charge in [0.2, 0.25) is 11.3 Å². The number of amidine groups is 1. The van der Waals surface area contributed by atoms with Gasteiger partial charge in [0, 0.05) is 51.9 Å². The average molecular weight is 818 g/mol. The molecule has 6 rings (SSSR count). The summed E-state index contributed by atoms with van der Waals surface area (Å²) in [5, 5.41) is 19.2. The normalized spacial score (nSPS) is 11.4. The van der Waals surface area contributed by atoms with Crippen molar-refractivity contribution in [3.05, 3.63) is 103 Å². The van der Waals surface area contributed by atoms with E-state index < -0.39 is 0 Å². The minimum absolute atomic E-state index is 0. The molecule has 0 saturated carbocycles. The van der Waals surface area contributed by atoms with E-state index in [-0.39, 0.29) is 36.0 Å². The van der Waals surface area contributed by atoms with Crippen molar-refractivity contribution in [1.82, 2.24) is 38.9 Å². The van der Waals surface area contributed by atoms with Gasteiger partial charge in [0.25, 0.3) is 5.56 Å². The molecule has 0 fully saturated rings. The Hall–Kier alpha value is -4.90. The van der Waals surface area contributed by atoms with Gasteiger partial charge in [0.15, 0.2) is 5.75 Å². The second-order valence-electron chi connectivity index (χ2n) is 14.2. The summed E-state index contributed by atoms with van der Waals surface area (Å²) in [4.78, 5) is 35.9. The van der Waals surface area contributed by atoms with Crippen LogP contribution in [0.2, 0.25) is 0 Å². The van der Waals surface area contributed by atoms with Crippen LogP contribution in [-0.4, -0.2) is 44.4 Å². The highest BCUT2D eigenvalue weighted by Gasteiger charge is 2.12. The number of aromatic hydroxyl groups is 1. The van der Waals surface area contributed by atoms with E-state index in [4.69, 9.17) is 18.9 Å². The molecule has 0 atom stereocenters. The Morgan fingerprint density at radius 3 is 1.73 bits per heavy atom. The molecule has 4 N–H and O–H groups in total. The summed E-state index contributed by atoms with van der Waals surface area (Å²) < 4.78 is 20.3. The Morgan fingerprint density at radius 1 is 0.804 bits per heavy atom. The monoisotopic (exact) mass is 817 g/mol. The van der Waals surface area contributed by atoms with Gasteiger partial charge in [0.1, 0.15) is 35.7 Å². The lowest BCUT2D eigenvalue weighted by Gasteiger charge is -2.01. The van der Waals surface area contributed by atoms with Crippen LogP contribution in [0, 0.1) is 19.8 Å². The fraction of sp³-hybridized carbons (Fsp3) is 0.538.